The van der Waals surface area contributed by atoms with E-state index >= 15 is 0 Å². The largest absolute Gasteiger partial charge is 0.375 e. The second-order valence-electron chi connectivity index (χ2n) is 3.42. The van der Waals surface area contributed by atoms with Crippen molar-refractivity contribution in [1.82, 2.24) is 0 Å². The lowest BCUT2D eigenvalue weighted by atomic mass is 10.2. The minimum absolute atomic E-state index is 0.0555. The Morgan fingerprint density at radius 3 is 1.40 bits per heavy atom. The zero-order valence-electron chi connectivity index (χ0n) is 10.1. The van der Waals surface area contributed by atoms with Gasteiger partial charge in [-0.3, -0.25) is 0 Å². The number of hydrogen-bond donors (Lipinski definition) is 0. The van der Waals surface area contributed by atoms with Crippen LogP contribution in [-0.2, 0) is 14.2 Å². The molecular weight excluding hydrogens is 192 g/mol. The molecule has 0 aromatic heterocycles. The van der Waals surface area contributed by atoms with Crippen molar-refractivity contribution in [3.8, 4) is 0 Å². The normalized spacial score (nSPS) is 18.9. The van der Waals surface area contributed by atoms with Crippen molar-refractivity contribution < 1.29 is 14.2 Å². The first-order valence-corrected chi connectivity index (χ1v) is 5.06. The summed E-state index contributed by atoms with van der Waals surface area (Å²) in [5.74, 6) is 0. The molecule has 0 amide bonds. The Hall–Kier alpha value is -0.640. The van der Waals surface area contributed by atoms with Gasteiger partial charge in [0.1, 0.15) is 12.2 Å². The van der Waals surface area contributed by atoms with Gasteiger partial charge in [0.2, 0.25) is 0 Å². The average Bonchev–Trinajstić information content (AvgIpc) is 2.21. The molecular formula is C12H22O3. The van der Waals surface area contributed by atoms with Gasteiger partial charge in [-0.2, -0.15) is 0 Å². The Bertz CT molecular complexity index is 171. The third-order valence-electron chi connectivity index (χ3n) is 2.36. The lowest BCUT2D eigenvalue weighted by molar-refractivity contribution is -0.0953. The number of methoxy groups -OCH3 is 2. The zero-order valence-corrected chi connectivity index (χ0v) is 10.1. The predicted octanol–water partition coefficient (Wildman–Crippen LogP) is 2.18. The molecule has 0 saturated heterocycles. The van der Waals surface area contributed by atoms with Crippen LogP contribution in [0.4, 0.5) is 0 Å². The first-order chi connectivity index (χ1) is 7.10. The molecule has 15 heavy (non-hydrogen) atoms. The summed E-state index contributed by atoms with van der Waals surface area (Å²) in [4.78, 5) is 0. The van der Waals surface area contributed by atoms with Crippen molar-refractivity contribution in [2.75, 3.05) is 14.2 Å². The molecule has 4 atom stereocenters. The van der Waals surface area contributed by atoms with Crippen LogP contribution in [0.2, 0.25) is 0 Å². The second kappa shape index (κ2) is 7.63. The second-order valence-corrected chi connectivity index (χ2v) is 3.42. The lowest BCUT2D eigenvalue weighted by Crippen LogP contribution is -2.35. The van der Waals surface area contributed by atoms with Crippen molar-refractivity contribution in [2.24, 2.45) is 0 Å². The highest BCUT2D eigenvalue weighted by molar-refractivity contribution is 4.88. The first-order valence-electron chi connectivity index (χ1n) is 5.06. The monoisotopic (exact) mass is 214 g/mol. The van der Waals surface area contributed by atoms with E-state index in [4.69, 9.17) is 14.2 Å². The summed E-state index contributed by atoms with van der Waals surface area (Å²) in [7, 11) is 3.27. The van der Waals surface area contributed by atoms with Gasteiger partial charge in [-0.05, 0) is 13.8 Å². The van der Waals surface area contributed by atoms with Crippen LogP contribution in [0.25, 0.3) is 0 Å². The molecule has 0 spiro atoms. The van der Waals surface area contributed by atoms with E-state index in [-0.39, 0.29) is 24.4 Å². The summed E-state index contributed by atoms with van der Waals surface area (Å²) in [5, 5.41) is 0. The minimum Gasteiger partial charge on any atom is -0.375 e. The third-order valence-corrected chi connectivity index (χ3v) is 2.36. The van der Waals surface area contributed by atoms with E-state index in [9.17, 15) is 0 Å². The van der Waals surface area contributed by atoms with Gasteiger partial charge in [-0.25, -0.2) is 0 Å². The molecule has 0 saturated carbocycles. The molecule has 88 valence electrons. The summed E-state index contributed by atoms with van der Waals surface area (Å²) in [6.45, 7) is 11.3. The highest BCUT2D eigenvalue weighted by Crippen LogP contribution is 2.11. The molecule has 0 N–H and O–H groups in total. The van der Waals surface area contributed by atoms with E-state index in [1.165, 1.54) is 0 Å². The van der Waals surface area contributed by atoms with Crippen LogP contribution in [0.5, 0.6) is 0 Å². The maximum Gasteiger partial charge on any atom is 0.101 e. The predicted molar refractivity (Wildman–Crippen MR) is 62.0 cm³/mol. The number of rotatable bonds is 8. The summed E-state index contributed by atoms with van der Waals surface area (Å²) < 4.78 is 16.1. The summed E-state index contributed by atoms with van der Waals surface area (Å²) in [5.41, 5.74) is 0. The molecule has 0 radical (unpaired) electrons. The average molecular weight is 214 g/mol. The fourth-order valence-electron chi connectivity index (χ4n) is 1.45. The topological polar surface area (TPSA) is 27.7 Å². The van der Waals surface area contributed by atoms with Crippen LogP contribution in [-0.4, -0.2) is 38.6 Å². The molecule has 0 aromatic carbocycles. The molecule has 0 aliphatic heterocycles. The van der Waals surface area contributed by atoms with Crippen LogP contribution in [0, 0.1) is 0 Å². The van der Waals surface area contributed by atoms with Gasteiger partial charge in [-0.15, -0.1) is 13.2 Å². The van der Waals surface area contributed by atoms with E-state index in [1.807, 2.05) is 13.8 Å². The van der Waals surface area contributed by atoms with Gasteiger partial charge in [0.15, 0.2) is 0 Å². The van der Waals surface area contributed by atoms with E-state index in [0.717, 1.165) is 0 Å². The minimum atomic E-state index is -0.102. The van der Waals surface area contributed by atoms with Gasteiger partial charge >= 0.3 is 0 Å². The molecule has 3 heteroatoms. The smallest absolute Gasteiger partial charge is 0.101 e. The van der Waals surface area contributed by atoms with E-state index in [0.29, 0.717) is 0 Å². The Kier molecular flexibility index (Phi) is 7.30. The van der Waals surface area contributed by atoms with Crippen LogP contribution in [0.15, 0.2) is 25.3 Å². The van der Waals surface area contributed by atoms with Gasteiger partial charge < -0.3 is 14.2 Å². The van der Waals surface area contributed by atoms with Gasteiger partial charge in [0.05, 0.1) is 12.2 Å². The van der Waals surface area contributed by atoms with E-state index in [1.54, 1.807) is 26.4 Å². The molecule has 4 unspecified atom stereocenters. The maximum absolute atomic E-state index is 5.75. The SMILES string of the molecule is C=CC(OC)C(C)OC(C)C(C=C)OC. The Morgan fingerprint density at radius 2 is 1.20 bits per heavy atom. The number of ether oxygens (including phenoxy) is 3. The molecule has 0 heterocycles. The van der Waals surface area contributed by atoms with Gasteiger partial charge in [0, 0.05) is 14.2 Å². The van der Waals surface area contributed by atoms with Crippen molar-refractivity contribution >= 4 is 0 Å². The quantitative estimate of drug-likeness (QED) is 0.580. The van der Waals surface area contributed by atoms with Gasteiger partial charge in [0.25, 0.3) is 0 Å². The third kappa shape index (κ3) is 4.60. The van der Waals surface area contributed by atoms with E-state index < -0.39 is 0 Å². The Morgan fingerprint density at radius 1 is 0.867 bits per heavy atom. The lowest BCUT2D eigenvalue weighted by Gasteiger charge is -2.27. The zero-order chi connectivity index (χ0) is 11.8. The van der Waals surface area contributed by atoms with Gasteiger partial charge in [-0.1, -0.05) is 12.2 Å². The molecule has 0 aliphatic rings. The Balaban J connectivity index is 4.19. The van der Waals surface area contributed by atoms with Crippen LogP contribution < -0.4 is 0 Å². The molecule has 0 bridgehead atoms. The molecule has 0 aromatic rings. The maximum atomic E-state index is 5.75. The van der Waals surface area contributed by atoms with Crippen molar-refractivity contribution in [3.05, 3.63) is 25.3 Å². The molecule has 0 rings (SSSR count). The Labute approximate surface area is 92.7 Å². The molecule has 0 aliphatic carbocycles. The standard InChI is InChI=1S/C12H22O3/c1-7-11(13-5)9(3)15-10(4)12(8-2)14-6/h7-12H,1-2H2,3-6H3. The van der Waals surface area contributed by atoms with E-state index in [2.05, 4.69) is 13.2 Å². The van der Waals surface area contributed by atoms with Crippen molar-refractivity contribution in [3.63, 3.8) is 0 Å². The summed E-state index contributed by atoms with van der Waals surface area (Å²) in [6, 6.07) is 0. The van der Waals surface area contributed by atoms with Crippen molar-refractivity contribution in [1.29, 1.82) is 0 Å². The molecule has 0 fully saturated rings. The first kappa shape index (κ1) is 14.4. The van der Waals surface area contributed by atoms with Crippen LogP contribution in [0.3, 0.4) is 0 Å². The summed E-state index contributed by atoms with van der Waals surface area (Å²) >= 11 is 0. The summed E-state index contributed by atoms with van der Waals surface area (Å²) in [6.07, 6.45) is 3.14. The van der Waals surface area contributed by atoms with Crippen LogP contribution in [0.1, 0.15) is 13.8 Å². The van der Waals surface area contributed by atoms with Crippen LogP contribution >= 0.6 is 0 Å². The van der Waals surface area contributed by atoms with Crippen molar-refractivity contribution in [2.45, 2.75) is 38.3 Å². The molecule has 3 nitrogen and oxygen atoms in total. The highest BCUT2D eigenvalue weighted by atomic mass is 16.6. The fourth-order valence-corrected chi connectivity index (χ4v) is 1.45. The highest BCUT2D eigenvalue weighted by Gasteiger charge is 2.20. The fraction of sp³-hybridized carbons (Fsp3) is 0.667. The number of hydrogen-bond acceptors (Lipinski definition) is 3.